The lowest BCUT2D eigenvalue weighted by Crippen LogP contribution is -2.01. The maximum absolute atomic E-state index is 11.6. The second-order valence-corrected chi connectivity index (χ2v) is 5.90. The second-order valence-electron chi connectivity index (χ2n) is 4.89. The van der Waals surface area contributed by atoms with E-state index >= 15 is 0 Å². The summed E-state index contributed by atoms with van der Waals surface area (Å²) in [7, 11) is 0. The van der Waals surface area contributed by atoms with Crippen molar-refractivity contribution in [3.05, 3.63) is 52.0 Å². The molecular formula is C15H11N3O2S. The fraction of sp³-hybridized carbons (Fsp3) is 0.133. The number of hydrogen-bond acceptors (Lipinski definition) is 5. The molecule has 0 amide bonds. The molecule has 0 spiro atoms. The van der Waals surface area contributed by atoms with Gasteiger partial charge in [0.05, 0.1) is 21.3 Å². The van der Waals surface area contributed by atoms with E-state index in [1.165, 1.54) is 17.4 Å². The van der Waals surface area contributed by atoms with Gasteiger partial charge in [-0.15, -0.1) is 0 Å². The van der Waals surface area contributed by atoms with Crippen LogP contribution in [0, 0.1) is 13.8 Å². The maximum Gasteiger partial charge on any atom is 0.337 e. The fourth-order valence-electron chi connectivity index (χ4n) is 2.51. The number of para-hydroxylation sites is 1. The van der Waals surface area contributed by atoms with Gasteiger partial charge in [0.1, 0.15) is 0 Å². The van der Waals surface area contributed by atoms with Gasteiger partial charge in [-0.2, -0.15) is 9.78 Å². The SMILES string of the molecule is Cc1cc(=O)oc2c1c(C)nn2-c1nc2ccccc2s1. The molecule has 0 fully saturated rings. The maximum atomic E-state index is 11.6. The van der Waals surface area contributed by atoms with Gasteiger partial charge in [0.2, 0.25) is 10.8 Å². The van der Waals surface area contributed by atoms with Crippen LogP contribution in [0.1, 0.15) is 11.3 Å². The van der Waals surface area contributed by atoms with Crippen molar-refractivity contribution in [3.63, 3.8) is 0 Å². The van der Waals surface area contributed by atoms with E-state index in [0.29, 0.717) is 10.8 Å². The average molecular weight is 297 g/mol. The lowest BCUT2D eigenvalue weighted by atomic mass is 10.2. The highest BCUT2D eigenvalue weighted by Gasteiger charge is 2.17. The molecule has 0 aliphatic heterocycles. The highest BCUT2D eigenvalue weighted by atomic mass is 32.1. The van der Waals surface area contributed by atoms with E-state index in [1.54, 1.807) is 4.68 Å². The van der Waals surface area contributed by atoms with Crippen molar-refractivity contribution in [2.45, 2.75) is 13.8 Å². The van der Waals surface area contributed by atoms with E-state index in [-0.39, 0.29) is 5.63 Å². The van der Waals surface area contributed by atoms with E-state index in [2.05, 4.69) is 10.1 Å². The highest BCUT2D eigenvalue weighted by molar-refractivity contribution is 7.20. The van der Waals surface area contributed by atoms with Crippen LogP contribution in [0.25, 0.3) is 26.4 Å². The van der Waals surface area contributed by atoms with E-state index < -0.39 is 0 Å². The van der Waals surface area contributed by atoms with Gasteiger partial charge in [-0.3, -0.25) is 0 Å². The summed E-state index contributed by atoms with van der Waals surface area (Å²) < 4.78 is 8.04. The van der Waals surface area contributed by atoms with Gasteiger partial charge in [0, 0.05) is 6.07 Å². The number of nitrogens with zero attached hydrogens (tertiary/aromatic N) is 3. The highest BCUT2D eigenvalue weighted by Crippen LogP contribution is 2.28. The average Bonchev–Trinajstić information content (AvgIpc) is 2.99. The Labute approximate surface area is 123 Å². The molecule has 5 nitrogen and oxygen atoms in total. The Bertz CT molecular complexity index is 1010. The molecule has 4 rings (SSSR count). The van der Waals surface area contributed by atoms with Crippen LogP contribution < -0.4 is 5.63 Å². The Morgan fingerprint density at radius 3 is 2.86 bits per heavy atom. The number of thiazole rings is 1. The summed E-state index contributed by atoms with van der Waals surface area (Å²) >= 11 is 1.52. The predicted octanol–water partition coefficient (Wildman–Crippen LogP) is 3.21. The van der Waals surface area contributed by atoms with Gasteiger partial charge in [0.25, 0.3) is 0 Å². The van der Waals surface area contributed by atoms with E-state index in [0.717, 1.165) is 26.9 Å². The number of rotatable bonds is 1. The Morgan fingerprint density at radius 1 is 1.24 bits per heavy atom. The lowest BCUT2D eigenvalue weighted by molar-refractivity contribution is 0.534. The zero-order valence-electron chi connectivity index (χ0n) is 11.5. The third kappa shape index (κ3) is 1.80. The van der Waals surface area contributed by atoms with Gasteiger partial charge in [-0.05, 0) is 31.5 Å². The van der Waals surface area contributed by atoms with Crippen molar-refractivity contribution >= 4 is 32.7 Å². The Morgan fingerprint density at radius 2 is 2.05 bits per heavy atom. The molecule has 0 bridgehead atoms. The number of aryl methyl sites for hydroxylation is 2. The van der Waals surface area contributed by atoms with E-state index in [1.807, 2.05) is 38.1 Å². The Hall–Kier alpha value is -2.47. The van der Waals surface area contributed by atoms with Crippen LogP contribution in [-0.4, -0.2) is 14.8 Å². The minimum absolute atomic E-state index is 0.373. The molecule has 3 heterocycles. The normalized spacial score (nSPS) is 11.5. The molecule has 0 atom stereocenters. The molecule has 1 aromatic carbocycles. The summed E-state index contributed by atoms with van der Waals surface area (Å²) in [6, 6.07) is 9.37. The largest absolute Gasteiger partial charge is 0.403 e. The first kappa shape index (κ1) is 12.3. The molecule has 0 saturated heterocycles. The summed E-state index contributed by atoms with van der Waals surface area (Å²) in [6.07, 6.45) is 0. The van der Waals surface area contributed by atoms with Crippen molar-refractivity contribution in [1.29, 1.82) is 0 Å². The smallest absolute Gasteiger partial charge is 0.337 e. The molecule has 3 aromatic heterocycles. The molecule has 6 heteroatoms. The van der Waals surface area contributed by atoms with E-state index in [4.69, 9.17) is 4.42 Å². The van der Waals surface area contributed by atoms with E-state index in [9.17, 15) is 4.79 Å². The van der Waals surface area contributed by atoms with Crippen LogP contribution in [0.15, 0.2) is 39.5 Å². The zero-order valence-corrected chi connectivity index (χ0v) is 12.3. The summed E-state index contributed by atoms with van der Waals surface area (Å²) in [4.78, 5) is 16.2. The fourth-order valence-corrected chi connectivity index (χ4v) is 3.42. The van der Waals surface area contributed by atoms with Gasteiger partial charge in [-0.1, -0.05) is 23.5 Å². The number of fused-ring (bicyclic) bond motifs is 2. The molecule has 0 saturated carbocycles. The predicted molar refractivity (Wildman–Crippen MR) is 82.3 cm³/mol. The summed E-state index contributed by atoms with van der Waals surface area (Å²) in [5.74, 6) is 0. The zero-order chi connectivity index (χ0) is 14.6. The number of hydrogen-bond donors (Lipinski definition) is 0. The lowest BCUT2D eigenvalue weighted by Gasteiger charge is -1.97. The quantitative estimate of drug-likeness (QED) is 0.541. The van der Waals surface area contributed by atoms with Crippen molar-refractivity contribution in [2.75, 3.05) is 0 Å². The Kier molecular flexibility index (Phi) is 2.49. The minimum Gasteiger partial charge on any atom is -0.403 e. The van der Waals surface area contributed by atoms with Crippen LogP contribution in [0.5, 0.6) is 0 Å². The molecule has 4 aromatic rings. The topological polar surface area (TPSA) is 60.9 Å². The minimum atomic E-state index is -0.373. The number of aromatic nitrogens is 3. The first-order valence-corrected chi connectivity index (χ1v) is 7.31. The van der Waals surface area contributed by atoms with Crippen LogP contribution in [0.3, 0.4) is 0 Å². The van der Waals surface area contributed by atoms with Crippen LogP contribution in [-0.2, 0) is 0 Å². The standard InChI is InChI=1S/C15H11N3O2S/c1-8-7-12(19)20-14-13(8)9(2)17-18(14)15-16-10-5-3-4-6-11(10)21-15/h3-7H,1-2H3. The molecule has 0 aliphatic carbocycles. The van der Waals surface area contributed by atoms with Gasteiger partial charge >= 0.3 is 5.63 Å². The van der Waals surface area contributed by atoms with Gasteiger partial charge in [0.15, 0.2) is 0 Å². The summed E-state index contributed by atoms with van der Waals surface area (Å²) in [5.41, 5.74) is 2.68. The first-order valence-electron chi connectivity index (χ1n) is 6.49. The van der Waals surface area contributed by atoms with Gasteiger partial charge in [-0.25, -0.2) is 9.78 Å². The molecule has 0 unspecified atom stereocenters. The molecule has 0 radical (unpaired) electrons. The van der Waals surface area contributed by atoms with Crippen LogP contribution in [0.4, 0.5) is 0 Å². The second kappa shape index (κ2) is 4.26. The Balaban J connectivity index is 2.08. The number of benzene rings is 1. The molecular weight excluding hydrogens is 286 g/mol. The first-order chi connectivity index (χ1) is 10.1. The van der Waals surface area contributed by atoms with Crippen molar-refractivity contribution in [3.8, 4) is 5.13 Å². The molecule has 0 aliphatic rings. The van der Waals surface area contributed by atoms with Crippen molar-refractivity contribution in [1.82, 2.24) is 14.8 Å². The van der Waals surface area contributed by atoms with Crippen LogP contribution in [0.2, 0.25) is 0 Å². The molecule has 104 valence electrons. The summed E-state index contributed by atoms with van der Waals surface area (Å²) in [6.45, 7) is 3.79. The third-order valence-electron chi connectivity index (χ3n) is 3.41. The van der Waals surface area contributed by atoms with Gasteiger partial charge < -0.3 is 4.42 Å². The monoisotopic (exact) mass is 297 g/mol. The summed E-state index contributed by atoms with van der Waals surface area (Å²) in [5, 5.41) is 6.06. The van der Waals surface area contributed by atoms with Crippen molar-refractivity contribution in [2.24, 2.45) is 0 Å². The molecule has 0 N–H and O–H groups in total. The molecule has 21 heavy (non-hydrogen) atoms. The van der Waals surface area contributed by atoms with Crippen LogP contribution >= 0.6 is 11.3 Å². The van der Waals surface area contributed by atoms with Crippen molar-refractivity contribution < 1.29 is 4.42 Å². The third-order valence-corrected chi connectivity index (χ3v) is 4.42.